The second-order valence-electron chi connectivity index (χ2n) is 6.35. The summed E-state index contributed by atoms with van der Waals surface area (Å²) in [5.41, 5.74) is 1.08. The molecule has 1 heterocycles. The lowest BCUT2D eigenvalue weighted by Gasteiger charge is -2.20. The Morgan fingerprint density at radius 1 is 0.889 bits per heavy atom. The van der Waals surface area contributed by atoms with Crippen molar-refractivity contribution >= 4 is 21.5 Å². The Morgan fingerprint density at radius 2 is 1.59 bits per heavy atom. The van der Waals surface area contributed by atoms with Gasteiger partial charge in [-0.05, 0) is 48.3 Å². The molecule has 0 aromatic heterocycles. The lowest BCUT2D eigenvalue weighted by atomic mass is 9.94. The van der Waals surface area contributed by atoms with Gasteiger partial charge in [-0.15, -0.1) is 0 Å². The molecule has 0 unspecified atom stereocenters. The maximum Gasteiger partial charge on any atom is 0.231 e. The Balaban J connectivity index is 2.14. The van der Waals surface area contributed by atoms with Crippen LogP contribution in [0.2, 0.25) is 0 Å². The Kier molecular flexibility index (Phi) is 4.58. The highest BCUT2D eigenvalue weighted by Gasteiger charge is 2.24. The first-order chi connectivity index (χ1) is 13.2. The molecule has 0 aliphatic carbocycles. The first kappa shape index (κ1) is 17.5. The van der Waals surface area contributed by atoms with Crippen LogP contribution in [-0.4, -0.2) is 41.7 Å². The van der Waals surface area contributed by atoms with Crippen molar-refractivity contribution in [3.63, 3.8) is 0 Å². The van der Waals surface area contributed by atoms with Crippen LogP contribution in [0.25, 0.3) is 21.5 Å². The SMILES string of the molecule is CNCCc1c(OC)c(OC)c(OC)c2c1ccc1cc3c(cc12)OCO3. The van der Waals surface area contributed by atoms with Crippen molar-refractivity contribution in [2.24, 2.45) is 0 Å². The zero-order valence-corrected chi connectivity index (χ0v) is 16.0. The van der Waals surface area contributed by atoms with Gasteiger partial charge in [0.1, 0.15) is 0 Å². The van der Waals surface area contributed by atoms with Crippen LogP contribution in [0.5, 0.6) is 28.7 Å². The summed E-state index contributed by atoms with van der Waals surface area (Å²) in [6.45, 7) is 1.06. The van der Waals surface area contributed by atoms with Crippen molar-refractivity contribution in [1.82, 2.24) is 5.32 Å². The predicted molar refractivity (Wildman–Crippen MR) is 105 cm³/mol. The van der Waals surface area contributed by atoms with Crippen LogP contribution in [-0.2, 0) is 6.42 Å². The van der Waals surface area contributed by atoms with E-state index in [9.17, 15) is 0 Å². The van der Waals surface area contributed by atoms with E-state index in [1.54, 1.807) is 21.3 Å². The van der Waals surface area contributed by atoms with Gasteiger partial charge in [0, 0.05) is 10.9 Å². The van der Waals surface area contributed by atoms with Crippen molar-refractivity contribution in [3.8, 4) is 28.7 Å². The van der Waals surface area contributed by atoms with Gasteiger partial charge >= 0.3 is 0 Å². The summed E-state index contributed by atoms with van der Waals surface area (Å²) in [4.78, 5) is 0. The highest BCUT2D eigenvalue weighted by Crippen LogP contribution is 2.50. The van der Waals surface area contributed by atoms with Crippen LogP contribution >= 0.6 is 0 Å². The molecule has 1 aliphatic heterocycles. The van der Waals surface area contributed by atoms with E-state index < -0.39 is 0 Å². The summed E-state index contributed by atoms with van der Waals surface area (Å²) in [6.07, 6.45) is 0.798. The Hall–Kier alpha value is -2.86. The van der Waals surface area contributed by atoms with Gasteiger partial charge in [-0.25, -0.2) is 0 Å². The first-order valence-corrected chi connectivity index (χ1v) is 8.85. The zero-order valence-electron chi connectivity index (χ0n) is 16.0. The number of hydrogen-bond donors (Lipinski definition) is 1. The number of methoxy groups -OCH3 is 3. The number of nitrogens with one attached hydrogen (secondary N) is 1. The summed E-state index contributed by atoms with van der Waals surface area (Å²) in [6, 6.07) is 8.21. The molecule has 27 heavy (non-hydrogen) atoms. The second-order valence-corrected chi connectivity index (χ2v) is 6.35. The Morgan fingerprint density at radius 3 is 2.26 bits per heavy atom. The molecule has 142 valence electrons. The van der Waals surface area contributed by atoms with Crippen molar-refractivity contribution in [2.75, 3.05) is 41.7 Å². The van der Waals surface area contributed by atoms with E-state index in [-0.39, 0.29) is 6.79 Å². The van der Waals surface area contributed by atoms with E-state index in [1.165, 1.54) is 0 Å². The van der Waals surface area contributed by atoms with E-state index in [0.29, 0.717) is 17.2 Å². The van der Waals surface area contributed by atoms with Gasteiger partial charge in [0.2, 0.25) is 12.5 Å². The van der Waals surface area contributed by atoms with E-state index >= 15 is 0 Å². The smallest absolute Gasteiger partial charge is 0.231 e. The highest BCUT2D eigenvalue weighted by atomic mass is 16.7. The minimum Gasteiger partial charge on any atom is -0.492 e. The molecule has 3 aromatic rings. The zero-order chi connectivity index (χ0) is 19.0. The Labute approximate surface area is 157 Å². The maximum absolute atomic E-state index is 5.79. The molecule has 6 nitrogen and oxygen atoms in total. The largest absolute Gasteiger partial charge is 0.492 e. The third-order valence-electron chi connectivity index (χ3n) is 4.99. The fourth-order valence-electron chi connectivity index (χ4n) is 3.78. The predicted octanol–water partition coefficient (Wildman–Crippen LogP) is 3.51. The van der Waals surface area contributed by atoms with E-state index in [4.69, 9.17) is 23.7 Å². The van der Waals surface area contributed by atoms with Gasteiger partial charge < -0.3 is 29.0 Å². The monoisotopic (exact) mass is 369 g/mol. The molecule has 0 atom stereocenters. The lowest BCUT2D eigenvalue weighted by Crippen LogP contribution is -2.12. The lowest BCUT2D eigenvalue weighted by molar-refractivity contribution is 0.174. The van der Waals surface area contributed by atoms with Gasteiger partial charge in [-0.1, -0.05) is 12.1 Å². The molecular weight excluding hydrogens is 346 g/mol. The molecule has 1 N–H and O–H groups in total. The van der Waals surface area contributed by atoms with Crippen molar-refractivity contribution in [3.05, 3.63) is 29.8 Å². The third kappa shape index (κ3) is 2.68. The van der Waals surface area contributed by atoms with Crippen LogP contribution in [0.15, 0.2) is 24.3 Å². The van der Waals surface area contributed by atoms with Crippen LogP contribution in [0.1, 0.15) is 5.56 Å². The average Bonchev–Trinajstić information content (AvgIpc) is 3.16. The maximum atomic E-state index is 5.79. The average molecular weight is 369 g/mol. The topological polar surface area (TPSA) is 58.2 Å². The molecule has 0 amide bonds. The molecule has 3 aromatic carbocycles. The summed E-state index contributed by atoms with van der Waals surface area (Å²) in [5.74, 6) is 3.46. The molecule has 0 radical (unpaired) electrons. The van der Waals surface area contributed by atoms with Crippen molar-refractivity contribution < 1.29 is 23.7 Å². The molecule has 0 bridgehead atoms. The van der Waals surface area contributed by atoms with Crippen molar-refractivity contribution in [2.45, 2.75) is 6.42 Å². The van der Waals surface area contributed by atoms with E-state index in [1.807, 2.05) is 19.2 Å². The summed E-state index contributed by atoms with van der Waals surface area (Å²) in [5, 5.41) is 7.34. The van der Waals surface area contributed by atoms with Gasteiger partial charge in [0.15, 0.2) is 23.0 Å². The molecule has 0 fully saturated rings. The second kappa shape index (κ2) is 7.04. The van der Waals surface area contributed by atoms with E-state index in [0.717, 1.165) is 51.6 Å². The fourth-order valence-corrected chi connectivity index (χ4v) is 3.78. The number of fused-ring (bicyclic) bond motifs is 4. The summed E-state index contributed by atoms with van der Waals surface area (Å²) in [7, 11) is 6.88. The normalized spacial score (nSPS) is 12.6. The minimum absolute atomic E-state index is 0.241. The third-order valence-corrected chi connectivity index (χ3v) is 4.99. The number of hydrogen-bond acceptors (Lipinski definition) is 6. The van der Waals surface area contributed by atoms with Gasteiger partial charge in [0.05, 0.1) is 21.3 Å². The Bertz CT molecular complexity index is 1020. The number of benzene rings is 3. The first-order valence-electron chi connectivity index (χ1n) is 8.85. The molecule has 4 rings (SSSR count). The number of likely N-dealkylation sites (N-methyl/N-ethyl adjacent to an activating group) is 1. The molecule has 0 saturated heterocycles. The molecule has 0 saturated carbocycles. The standard InChI is InChI=1S/C21H23NO5/c1-22-8-7-14-13-6-5-12-9-16-17(27-11-26-16)10-15(12)18(13)20(24-3)21(25-4)19(14)23-2/h5-6,9-10,22H,7-8,11H2,1-4H3. The van der Waals surface area contributed by atoms with Crippen molar-refractivity contribution in [1.29, 1.82) is 0 Å². The van der Waals surface area contributed by atoms with Gasteiger partial charge in [-0.2, -0.15) is 0 Å². The fraction of sp³-hybridized carbons (Fsp3) is 0.333. The summed E-state index contributed by atoms with van der Waals surface area (Å²) >= 11 is 0. The molecule has 6 heteroatoms. The van der Waals surface area contributed by atoms with E-state index in [2.05, 4.69) is 17.4 Å². The quantitative estimate of drug-likeness (QED) is 0.671. The van der Waals surface area contributed by atoms with Gasteiger partial charge in [0.25, 0.3) is 0 Å². The molecule has 1 aliphatic rings. The van der Waals surface area contributed by atoms with Crippen LogP contribution < -0.4 is 29.0 Å². The van der Waals surface area contributed by atoms with Crippen LogP contribution in [0, 0.1) is 0 Å². The summed E-state index contributed by atoms with van der Waals surface area (Å²) < 4.78 is 28.3. The van der Waals surface area contributed by atoms with Gasteiger partial charge in [-0.3, -0.25) is 0 Å². The number of ether oxygens (including phenoxy) is 5. The molecular formula is C21H23NO5. The van der Waals surface area contributed by atoms with Crippen LogP contribution in [0.3, 0.4) is 0 Å². The number of rotatable bonds is 6. The molecule has 0 spiro atoms. The highest BCUT2D eigenvalue weighted by molar-refractivity contribution is 6.14. The van der Waals surface area contributed by atoms with Crippen LogP contribution in [0.4, 0.5) is 0 Å². The minimum atomic E-state index is 0.241.